The summed E-state index contributed by atoms with van der Waals surface area (Å²) >= 11 is 0. The number of morpholine rings is 1. The summed E-state index contributed by atoms with van der Waals surface area (Å²) < 4.78 is 11.7. The molecule has 5 rings (SSSR count). The predicted octanol–water partition coefficient (Wildman–Crippen LogP) is 0.522. The summed E-state index contributed by atoms with van der Waals surface area (Å²) in [7, 11) is 0. The van der Waals surface area contributed by atoms with E-state index in [4.69, 9.17) is 14.5 Å². The van der Waals surface area contributed by atoms with Crippen LogP contribution in [0, 0.1) is 0 Å². The van der Waals surface area contributed by atoms with Crippen LogP contribution < -0.4 is 4.90 Å². The summed E-state index contributed by atoms with van der Waals surface area (Å²) in [5.41, 5.74) is 1.70. The van der Waals surface area contributed by atoms with E-state index >= 15 is 0 Å². The molecule has 10 heteroatoms. The summed E-state index contributed by atoms with van der Waals surface area (Å²) in [6.45, 7) is 7.90. The quantitative estimate of drug-likeness (QED) is 0.779. The molecule has 3 aliphatic rings. The number of fused-ring (bicyclic) bond motifs is 2. The zero-order valence-electron chi connectivity index (χ0n) is 16.7. The third-order valence-corrected chi connectivity index (χ3v) is 5.95. The first-order chi connectivity index (χ1) is 14.0. The van der Waals surface area contributed by atoms with Gasteiger partial charge in [-0.25, -0.2) is 15.0 Å². The fraction of sp³-hybridized carbons (Fsp3) is 0.632. The minimum atomic E-state index is -0.315. The Hall–Kier alpha value is -2.59. The molecule has 0 aliphatic carbocycles. The second-order valence-corrected chi connectivity index (χ2v) is 8.29. The monoisotopic (exact) mass is 399 g/mol. The van der Waals surface area contributed by atoms with Gasteiger partial charge in [-0.3, -0.25) is 9.89 Å². The molecule has 0 unspecified atom stereocenters. The lowest BCUT2D eigenvalue weighted by molar-refractivity contribution is -0.00584. The average Bonchev–Trinajstić information content (AvgIpc) is 3.38. The zero-order chi connectivity index (χ0) is 20.0. The molecule has 2 aromatic heterocycles. The average molecular weight is 399 g/mol. The van der Waals surface area contributed by atoms with E-state index in [1.807, 2.05) is 6.20 Å². The number of carbonyl (C=O) groups excluding carboxylic acids is 1. The molecule has 3 aliphatic heterocycles. The van der Waals surface area contributed by atoms with Crippen molar-refractivity contribution in [2.24, 2.45) is 0 Å². The standard InChI is InChI=1S/C19H25N7O3/c1-12-6-26(7-13(2)29-12)18-20-5-14-8-28-10-19(15(14)23-18)3-4-25(9-19)17(27)16-21-11-22-24-16/h5,11-13H,3-4,6-10H2,1-2H3,(H,21,22,24)/t12-,13+,19-/m1/s1. The summed E-state index contributed by atoms with van der Waals surface area (Å²) in [6, 6.07) is 0. The molecule has 2 saturated heterocycles. The molecule has 29 heavy (non-hydrogen) atoms. The van der Waals surface area contributed by atoms with Gasteiger partial charge >= 0.3 is 0 Å². The number of rotatable bonds is 2. The number of hydrogen-bond acceptors (Lipinski definition) is 8. The normalized spacial score (nSPS) is 29.3. The number of ether oxygens (including phenoxy) is 2. The topological polar surface area (TPSA) is 109 Å². The molecule has 10 nitrogen and oxygen atoms in total. The van der Waals surface area contributed by atoms with Gasteiger partial charge in [-0.15, -0.1) is 0 Å². The van der Waals surface area contributed by atoms with Crippen LogP contribution in [0.3, 0.4) is 0 Å². The van der Waals surface area contributed by atoms with Gasteiger partial charge in [0.1, 0.15) is 6.33 Å². The second kappa shape index (κ2) is 7.03. The van der Waals surface area contributed by atoms with Gasteiger partial charge in [0.15, 0.2) is 0 Å². The van der Waals surface area contributed by atoms with Crippen molar-refractivity contribution in [2.45, 2.75) is 44.5 Å². The Morgan fingerprint density at radius 1 is 1.28 bits per heavy atom. The van der Waals surface area contributed by atoms with E-state index in [0.717, 1.165) is 36.7 Å². The largest absolute Gasteiger partial charge is 0.376 e. The van der Waals surface area contributed by atoms with Crippen molar-refractivity contribution in [1.29, 1.82) is 0 Å². The van der Waals surface area contributed by atoms with E-state index < -0.39 is 0 Å². The number of nitrogens with one attached hydrogen (secondary N) is 1. The maximum atomic E-state index is 12.7. The van der Waals surface area contributed by atoms with Gasteiger partial charge in [0.2, 0.25) is 11.8 Å². The van der Waals surface area contributed by atoms with Gasteiger partial charge in [0, 0.05) is 37.9 Å². The molecule has 2 aromatic rings. The molecule has 0 bridgehead atoms. The van der Waals surface area contributed by atoms with Crippen LogP contribution in [0.4, 0.5) is 5.95 Å². The first kappa shape index (κ1) is 18.4. The van der Waals surface area contributed by atoms with Crippen LogP contribution in [-0.2, 0) is 21.5 Å². The molecule has 5 heterocycles. The fourth-order valence-corrected chi connectivity index (χ4v) is 4.70. The minimum Gasteiger partial charge on any atom is -0.376 e. The Morgan fingerprint density at radius 3 is 2.86 bits per heavy atom. The minimum absolute atomic E-state index is 0.136. The number of aromatic nitrogens is 5. The molecular weight excluding hydrogens is 374 g/mol. The van der Waals surface area contributed by atoms with Crippen molar-refractivity contribution in [1.82, 2.24) is 30.0 Å². The highest BCUT2D eigenvalue weighted by molar-refractivity contribution is 5.90. The summed E-state index contributed by atoms with van der Waals surface area (Å²) in [5.74, 6) is 0.849. The molecular formula is C19H25N7O3. The van der Waals surface area contributed by atoms with E-state index in [1.165, 1.54) is 6.33 Å². The number of hydrogen-bond donors (Lipinski definition) is 1. The van der Waals surface area contributed by atoms with Gasteiger partial charge in [0.05, 0.1) is 36.5 Å². The highest BCUT2D eigenvalue weighted by atomic mass is 16.5. The number of aromatic amines is 1. The Balaban J connectivity index is 1.43. The molecule has 2 fully saturated rings. The summed E-state index contributed by atoms with van der Waals surface area (Å²) in [5, 5.41) is 6.44. The lowest BCUT2D eigenvalue weighted by Gasteiger charge is -2.38. The van der Waals surface area contributed by atoms with Crippen molar-refractivity contribution in [3.8, 4) is 0 Å². The lowest BCUT2D eigenvalue weighted by atomic mass is 9.80. The Morgan fingerprint density at radius 2 is 2.10 bits per heavy atom. The van der Waals surface area contributed by atoms with Crippen LogP contribution in [0.15, 0.2) is 12.5 Å². The van der Waals surface area contributed by atoms with Crippen LogP contribution >= 0.6 is 0 Å². The SMILES string of the molecule is C[C@@H]1CN(c2ncc3c(n2)[C@@]2(CCN(C(=O)c4ncn[nH]4)C2)COC3)C[C@H](C)O1. The first-order valence-electron chi connectivity index (χ1n) is 10.0. The van der Waals surface area contributed by atoms with Crippen LogP contribution in [-0.4, -0.2) is 81.0 Å². The van der Waals surface area contributed by atoms with E-state index in [-0.39, 0.29) is 29.4 Å². The Bertz CT molecular complexity index is 895. The van der Waals surface area contributed by atoms with Crippen LogP contribution in [0.2, 0.25) is 0 Å². The maximum absolute atomic E-state index is 12.7. The van der Waals surface area contributed by atoms with Crippen molar-refractivity contribution < 1.29 is 14.3 Å². The Kier molecular flexibility index (Phi) is 4.47. The maximum Gasteiger partial charge on any atom is 0.291 e. The molecule has 1 amide bonds. The lowest BCUT2D eigenvalue weighted by Crippen LogP contribution is -2.47. The molecule has 0 aromatic carbocycles. The predicted molar refractivity (Wildman–Crippen MR) is 102 cm³/mol. The van der Waals surface area contributed by atoms with Crippen molar-refractivity contribution in [3.05, 3.63) is 29.6 Å². The summed E-state index contributed by atoms with van der Waals surface area (Å²) in [4.78, 5) is 30.3. The van der Waals surface area contributed by atoms with Crippen LogP contribution in [0.1, 0.15) is 42.1 Å². The van der Waals surface area contributed by atoms with Gasteiger partial charge in [-0.1, -0.05) is 0 Å². The molecule has 3 atom stereocenters. The van der Waals surface area contributed by atoms with E-state index in [1.54, 1.807) is 4.90 Å². The van der Waals surface area contributed by atoms with Crippen molar-refractivity contribution >= 4 is 11.9 Å². The van der Waals surface area contributed by atoms with E-state index in [0.29, 0.717) is 26.3 Å². The Labute approximate surface area is 168 Å². The van der Waals surface area contributed by atoms with Gasteiger partial charge < -0.3 is 19.3 Å². The molecule has 1 N–H and O–H groups in total. The number of carbonyl (C=O) groups is 1. The number of amides is 1. The van der Waals surface area contributed by atoms with Gasteiger partial charge in [-0.05, 0) is 20.3 Å². The molecule has 154 valence electrons. The van der Waals surface area contributed by atoms with Crippen molar-refractivity contribution in [2.75, 3.05) is 37.7 Å². The van der Waals surface area contributed by atoms with Crippen LogP contribution in [0.25, 0.3) is 0 Å². The number of anilines is 1. The highest BCUT2D eigenvalue weighted by Crippen LogP contribution is 2.40. The molecule has 1 spiro atoms. The third kappa shape index (κ3) is 3.25. The van der Waals surface area contributed by atoms with E-state index in [2.05, 4.69) is 38.9 Å². The number of H-pyrrole nitrogens is 1. The summed E-state index contributed by atoms with van der Waals surface area (Å²) in [6.07, 6.45) is 4.30. The molecule has 0 radical (unpaired) electrons. The van der Waals surface area contributed by atoms with Crippen LogP contribution in [0.5, 0.6) is 0 Å². The second-order valence-electron chi connectivity index (χ2n) is 8.29. The zero-order valence-corrected chi connectivity index (χ0v) is 16.7. The van der Waals surface area contributed by atoms with Gasteiger partial charge in [-0.2, -0.15) is 5.10 Å². The fourth-order valence-electron chi connectivity index (χ4n) is 4.70. The molecule has 0 saturated carbocycles. The van der Waals surface area contributed by atoms with E-state index in [9.17, 15) is 4.79 Å². The highest BCUT2D eigenvalue weighted by Gasteiger charge is 2.47. The third-order valence-electron chi connectivity index (χ3n) is 5.95. The van der Waals surface area contributed by atoms with Crippen molar-refractivity contribution in [3.63, 3.8) is 0 Å². The number of nitrogens with zero attached hydrogens (tertiary/aromatic N) is 6. The smallest absolute Gasteiger partial charge is 0.291 e. The number of likely N-dealkylation sites (tertiary alicyclic amines) is 1. The van der Waals surface area contributed by atoms with Gasteiger partial charge in [0.25, 0.3) is 5.91 Å². The first-order valence-corrected chi connectivity index (χ1v) is 10.0.